The van der Waals surface area contributed by atoms with Crippen LogP contribution in [0, 0.1) is 0 Å². The maximum atomic E-state index is 10.2. The Bertz CT molecular complexity index is 567. The van der Waals surface area contributed by atoms with Crippen molar-refractivity contribution < 1.29 is 19.1 Å². The van der Waals surface area contributed by atoms with E-state index in [4.69, 9.17) is 37.5 Å². The first-order valence-corrected chi connectivity index (χ1v) is 5.36. The highest BCUT2D eigenvalue weighted by Gasteiger charge is 2.11. The Hall–Kier alpha value is -1.30. The fraction of sp³-hybridized carbons (Fsp3) is 0.200. The topological polar surface area (TPSA) is 72.6 Å². The number of aliphatic carboxylic acids is 1. The van der Waals surface area contributed by atoms with Gasteiger partial charge >= 0.3 is 5.97 Å². The monoisotopic (exact) mass is 275 g/mol. The number of rotatable bonds is 4. The van der Waals surface area contributed by atoms with E-state index in [-0.39, 0.29) is 12.5 Å². The summed E-state index contributed by atoms with van der Waals surface area (Å²) in [5, 5.41) is 9.20. The number of carboxylic acids is 1. The Labute approximate surface area is 106 Å². The summed E-state index contributed by atoms with van der Waals surface area (Å²) in [5.41, 5.74) is 0.918. The highest BCUT2D eigenvalue weighted by molar-refractivity contribution is 6.37. The second kappa shape index (κ2) is 4.91. The van der Waals surface area contributed by atoms with Gasteiger partial charge in [-0.25, -0.2) is 9.78 Å². The fourth-order valence-electron chi connectivity index (χ4n) is 1.29. The number of carbonyl (C=O) groups is 1. The molecule has 1 aromatic carbocycles. The second-order valence-corrected chi connectivity index (χ2v) is 4.07. The van der Waals surface area contributed by atoms with Crippen LogP contribution in [0.15, 0.2) is 16.5 Å². The van der Waals surface area contributed by atoms with Crippen LogP contribution in [-0.4, -0.2) is 22.7 Å². The van der Waals surface area contributed by atoms with Gasteiger partial charge in [0.05, 0.1) is 5.02 Å². The van der Waals surface area contributed by atoms with Crippen molar-refractivity contribution in [3.63, 3.8) is 0 Å². The molecular weight excluding hydrogens is 269 g/mol. The molecule has 0 fully saturated rings. The maximum absolute atomic E-state index is 10.2. The molecule has 0 aliphatic rings. The van der Waals surface area contributed by atoms with Crippen molar-refractivity contribution in [3.05, 3.63) is 28.1 Å². The van der Waals surface area contributed by atoms with Gasteiger partial charge in [0.25, 0.3) is 0 Å². The number of nitrogens with zero attached hydrogens (tertiary/aromatic N) is 1. The number of hydrogen-bond donors (Lipinski definition) is 1. The number of aromatic nitrogens is 1. The van der Waals surface area contributed by atoms with Gasteiger partial charge in [-0.2, -0.15) is 0 Å². The number of carboxylic acid groups (broad SMARTS) is 1. The van der Waals surface area contributed by atoms with E-state index >= 15 is 0 Å². The molecule has 0 aliphatic carbocycles. The lowest BCUT2D eigenvalue weighted by Gasteiger charge is -1.95. The second-order valence-electron chi connectivity index (χ2n) is 3.23. The van der Waals surface area contributed by atoms with E-state index in [0.717, 1.165) is 0 Å². The van der Waals surface area contributed by atoms with Crippen LogP contribution in [0.4, 0.5) is 0 Å². The molecule has 90 valence electrons. The molecule has 0 amide bonds. The van der Waals surface area contributed by atoms with Crippen molar-refractivity contribution in [2.24, 2.45) is 0 Å². The van der Waals surface area contributed by atoms with Gasteiger partial charge in [-0.05, 0) is 12.1 Å². The number of halogens is 2. The molecule has 0 saturated heterocycles. The molecule has 0 atom stereocenters. The van der Waals surface area contributed by atoms with E-state index in [2.05, 4.69) is 4.98 Å². The summed E-state index contributed by atoms with van der Waals surface area (Å²) in [6, 6.07) is 3.14. The van der Waals surface area contributed by atoms with E-state index in [0.29, 0.717) is 21.1 Å². The van der Waals surface area contributed by atoms with Crippen LogP contribution in [0.25, 0.3) is 11.1 Å². The van der Waals surface area contributed by atoms with Crippen molar-refractivity contribution in [2.45, 2.75) is 6.61 Å². The SMILES string of the molecule is O=C(O)COCc1nc2cc(Cl)cc(Cl)c2o1. The molecule has 0 spiro atoms. The Morgan fingerprint density at radius 2 is 2.24 bits per heavy atom. The van der Waals surface area contributed by atoms with E-state index in [1.165, 1.54) is 0 Å². The Morgan fingerprint density at radius 1 is 1.47 bits per heavy atom. The summed E-state index contributed by atoms with van der Waals surface area (Å²) in [4.78, 5) is 14.3. The molecule has 17 heavy (non-hydrogen) atoms. The van der Waals surface area contributed by atoms with Crippen LogP contribution >= 0.6 is 23.2 Å². The quantitative estimate of drug-likeness (QED) is 0.929. The van der Waals surface area contributed by atoms with E-state index in [9.17, 15) is 4.79 Å². The average Bonchev–Trinajstić information content (AvgIpc) is 2.60. The van der Waals surface area contributed by atoms with Crippen LogP contribution < -0.4 is 0 Å². The van der Waals surface area contributed by atoms with Gasteiger partial charge in [0, 0.05) is 5.02 Å². The Kier molecular flexibility index (Phi) is 3.51. The number of hydrogen-bond acceptors (Lipinski definition) is 4. The standard InChI is InChI=1S/C10H7Cl2NO4/c11-5-1-6(12)10-7(2-5)13-8(17-10)3-16-4-9(14)15/h1-2H,3-4H2,(H,14,15). The lowest BCUT2D eigenvalue weighted by Crippen LogP contribution is -2.06. The van der Waals surface area contributed by atoms with Crippen molar-refractivity contribution in [1.29, 1.82) is 0 Å². The van der Waals surface area contributed by atoms with Crippen LogP contribution in [0.2, 0.25) is 10.0 Å². The first-order valence-electron chi connectivity index (χ1n) is 4.60. The maximum Gasteiger partial charge on any atom is 0.329 e. The molecule has 7 heteroatoms. The smallest absolute Gasteiger partial charge is 0.329 e. The lowest BCUT2D eigenvalue weighted by molar-refractivity contribution is -0.142. The minimum absolute atomic E-state index is 0.0328. The van der Waals surface area contributed by atoms with Crippen molar-refractivity contribution in [3.8, 4) is 0 Å². The van der Waals surface area contributed by atoms with Gasteiger partial charge < -0.3 is 14.3 Å². The van der Waals surface area contributed by atoms with Gasteiger partial charge in [-0.3, -0.25) is 0 Å². The Balaban J connectivity index is 2.20. The minimum atomic E-state index is -1.05. The van der Waals surface area contributed by atoms with Gasteiger partial charge in [-0.1, -0.05) is 23.2 Å². The predicted molar refractivity (Wildman–Crippen MR) is 61.3 cm³/mol. The highest BCUT2D eigenvalue weighted by atomic mass is 35.5. The fourth-order valence-corrected chi connectivity index (χ4v) is 1.81. The summed E-state index contributed by atoms with van der Waals surface area (Å²) in [6.45, 7) is -0.442. The molecular formula is C10H7Cl2NO4. The first kappa shape index (κ1) is 12.2. The third kappa shape index (κ3) is 2.88. The molecule has 2 aromatic rings. The molecule has 1 heterocycles. The summed E-state index contributed by atoms with van der Waals surface area (Å²) >= 11 is 11.7. The highest BCUT2D eigenvalue weighted by Crippen LogP contribution is 2.28. The van der Waals surface area contributed by atoms with Crippen LogP contribution in [0.5, 0.6) is 0 Å². The molecule has 1 N–H and O–H groups in total. The largest absolute Gasteiger partial charge is 0.480 e. The molecule has 1 aromatic heterocycles. The van der Waals surface area contributed by atoms with Crippen molar-refractivity contribution in [1.82, 2.24) is 4.98 Å². The zero-order valence-electron chi connectivity index (χ0n) is 8.44. The van der Waals surface area contributed by atoms with Gasteiger partial charge in [-0.15, -0.1) is 0 Å². The zero-order chi connectivity index (χ0) is 12.4. The van der Waals surface area contributed by atoms with Crippen LogP contribution in [0.3, 0.4) is 0 Å². The molecule has 5 nitrogen and oxygen atoms in total. The third-order valence-electron chi connectivity index (χ3n) is 1.90. The summed E-state index contributed by atoms with van der Waals surface area (Å²) < 4.78 is 10.2. The van der Waals surface area contributed by atoms with E-state index in [1.807, 2.05) is 0 Å². The van der Waals surface area contributed by atoms with Gasteiger partial charge in [0.15, 0.2) is 5.58 Å². The molecule has 0 unspecified atom stereocenters. The molecule has 0 aliphatic heterocycles. The van der Waals surface area contributed by atoms with E-state index < -0.39 is 12.6 Å². The van der Waals surface area contributed by atoms with Crippen LogP contribution in [0.1, 0.15) is 5.89 Å². The number of oxazole rings is 1. The molecule has 2 rings (SSSR count). The molecule has 0 radical (unpaired) electrons. The number of benzene rings is 1. The Morgan fingerprint density at radius 3 is 2.94 bits per heavy atom. The summed E-state index contributed by atoms with van der Waals surface area (Å²) in [7, 11) is 0. The molecule has 0 bridgehead atoms. The normalized spacial score (nSPS) is 10.9. The van der Waals surface area contributed by atoms with Crippen molar-refractivity contribution in [2.75, 3.05) is 6.61 Å². The summed E-state index contributed by atoms with van der Waals surface area (Å²) in [5.74, 6) is -0.799. The van der Waals surface area contributed by atoms with Crippen molar-refractivity contribution >= 4 is 40.3 Å². The molecule has 0 saturated carbocycles. The summed E-state index contributed by atoms with van der Waals surface area (Å²) in [6.07, 6.45) is 0. The number of fused-ring (bicyclic) bond motifs is 1. The minimum Gasteiger partial charge on any atom is -0.480 e. The number of ether oxygens (including phenoxy) is 1. The zero-order valence-corrected chi connectivity index (χ0v) is 9.96. The first-order chi connectivity index (χ1) is 8.06. The van der Waals surface area contributed by atoms with Crippen LogP contribution in [-0.2, 0) is 16.1 Å². The van der Waals surface area contributed by atoms with E-state index in [1.54, 1.807) is 12.1 Å². The predicted octanol–water partition coefficient (Wildman–Crippen LogP) is 2.74. The third-order valence-corrected chi connectivity index (χ3v) is 2.40. The lowest BCUT2D eigenvalue weighted by atomic mass is 10.3. The van der Waals surface area contributed by atoms with Gasteiger partial charge in [0.1, 0.15) is 18.7 Å². The van der Waals surface area contributed by atoms with Gasteiger partial charge in [0.2, 0.25) is 5.89 Å². The average molecular weight is 276 g/mol.